The Labute approximate surface area is 454 Å². The lowest BCUT2D eigenvalue weighted by Gasteiger charge is -2.28. The molecule has 62 heavy (non-hydrogen) atoms. The number of hydrogen-bond donors (Lipinski definition) is 0. The van der Waals surface area contributed by atoms with Crippen LogP contribution in [0.25, 0.3) is 0 Å². The normalized spacial score (nSPS) is 13.5. The van der Waals surface area contributed by atoms with Crippen molar-refractivity contribution < 1.29 is 42.1 Å². The van der Waals surface area contributed by atoms with Crippen molar-refractivity contribution in [1.82, 2.24) is 0 Å². The molecule has 2 aromatic carbocycles. The van der Waals surface area contributed by atoms with Gasteiger partial charge in [-0.1, -0.05) is 88.5 Å². The highest BCUT2D eigenvalue weighted by atomic mass is 127. The van der Waals surface area contributed by atoms with Gasteiger partial charge in [-0.05, 0) is 222 Å². The molecule has 0 radical (unpaired) electrons. The molecule has 0 saturated carbocycles. The Kier molecular flexibility index (Phi) is 33.1. The maximum atomic E-state index is 12.7. The number of esters is 2. The van der Waals surface area contributed by atoms with Crippen LogP contribution in [0.4, 0.5) is 0 Å². The van der Waals surface area contributed by atoms with Crippen LogP contribution >= 0.6 is 143 Å². The zero-order valence-electron chi connectivity index (χ0n) is 36.6. The molecule has 0 aromatic heterocycles. The highest BCUT2D eigenvalue weighted by Gasteiger charge is 2.21. The molecule has 2 rings (SSSR count). The van der Waals surface area contributed by atoms with Crippen LogP contribution in [0.3, 0.4) is 0 Å². The fraction of sp³-hybridized carbons (Fsp3) is 0.609. The van der Waals surface area contributed by atoms with Crippen molar-refractivity contribution in [3.63, 3.8) is 0 Å². The van der Waals surface area contributed by atoms with Gasteiger partial charge < -0.3 is 27.9 Å². The number of phosphoric ester groups is 1. The number of quaternary nitrogens is 1. The summed E-state index contributed by atoms with van der Waals surface area (Å²) in [6, 6.07) is 9.01. The van der Waals surface area contributed by atoms with Crippen molar-refractivity contribution in [2.24, 2.45) is 0 Å². The van der Waals surface area contributed by atoms with E-state index in [1.54, 1.807) is 12.2 Å². The molecule has 2 atom stereocenters. The highest BCUT2D eigenvalue weighted by Crippen LogP contribution is 2.38. The van der Waals surface area contributed by atoms with Crippen molar-refractivity contribution in [3.05, 3.63) is 81.1 Å². The van der Waals surface area contributed by atoms with Crippen molar-refractivity contribution in [2.45, 2.75) is 135 Å². The third-order valence-corrected chi connectivity index (χ3v) is 15.9. The molecule has 350 valence electrons. The fourth-order valence-corrected chi connectivity index (χ4v) is 15.3. The molecule has 0 bridgehead atoms. The Morgan fingerprint density at radius 2 is 1.00 bits per heavy atom. The van der Waals surface area contributed by atoms with Gasteiger partial charge in [-0.2, -0.15) is 0 Å². The van der Waals surface area contributed by atoms with E-state index in [4.69, 9.17) is 18.5 Å². The molecular weight excluding hydrogens is 1490 g/mol. The Hall–Kier alpha value is 1.31. The van der Waals surface area contributed by atoms with Crippen LogP contribution in [0, 0.1) is 21.4 Å². The number of hydrogen-bond acceptors (Lipinski definition) is 8. The second-order valence-corrected chi connectivity index (χ2v) is 25.0. The predicted molar refractivity (Wildman–Crippen MR) is 301 cm³/mol. The summed E-state index contributed by atoms with van der Waals surface area (Å²) >= 11 is 14.6. The fourth-order valence-electron chi connectivity index (χ4n) is 6.35. The number of carbonyl (C=O) groups is 2. The maximum Gasteiger partial charge on any atom is 0.310 e. The zero-order valence-corrected chi connectivity index (χ0v) is 50.4. The summed E-state index contributed by atoms with van der Waals surface area (Å²) in [6.07, 6.45) is 27.3. The summed E-state index contributed by atoms with van der Waals surface area (Å²) in [5.41, 5.74) is 2.96. The van der Waals surface area contributed by atoms with Gasteiger partial charge in [-0.15, -0.1) is 0 Å². The first-order chi connectivity index (χ1) is 29.5. The second kappa shape index (κ2) is 34.6. The number of allylic oxidation sites excluding steroid dienone is 2. The second-order valence-electron chi connectivity index (χ2n) is 16.5. The number of phosphoric acid groups is 1. The van der Waals surface area contributed by atoms with Gasteiger partial charge in [-0.3, -0.25) is 14.2 Å². The van der Waals surface area contributed by atoms with Crippen LogP contribution in [0.5, 0.6) is 0 Å². The first-order valence-corrected chi connectivity index (χ1v) is 29.7. The summed E-state index contributed by atoms with van der Waals surface area (Å²) in [4.78, 5) is 37.7. The summed E-state index contributed by atoms with van der Waals surface area (Å²) in [5.74, 6) is -1.05. The molecule has 9 nitrogen and oxygen atoms in total. The van der Waals surface area contributed by atoms with Crippen LogP contribution in [-0.4, -0.2) is 70.0 Å². The van der Waals surface area contributed by atoms with E-state index in [-0.39, 0.29) is 26.1 Å². The largest absolute Gasteiger partial charge is 0.756 e. The molecule has 0 fully saturated rings. The molecule has 0 heterocycles. The molecule has 0 aliphatic heterocycles. The lowest BCUT2D eigenvalue weighted by molar-refractivity contribution is -0.870. The smallest absolute Gasteiger partial charge is 0.310 e. The van der Waals surface area contributed by atoms with Gasteiger partial charge in [0.05, 0.1) is 40.6 Å². The summed E-state index contributed by atoms with van der Waals surface area (Å²) in [5, 5.41) is 0. The third kappa shape index (κ3) is 29.9. The Balaban J connectivity index is 1.64. The first kappa shape index (κ1) is 59.4. The number of carbonyl (C=O) groups excluding carboxylic acids is 2. The van der Waals surface area contributed by atoms with E-state index in [0.717, 1.165) is 51.4 Å². The summed E-state index contributed by atoms with van der Waals surface area (Å²) < 4.78 is 41.9. The average molecular weight is 1550 g/mol. The van der Waals surface area contributed by atoms with Gasteiger partial charge in [0.1, 0.15) is 19.8 Å². The van der Waals surface area contributed by atoms with E-state index in [1.807, 2.05) is 33.3 Å². The lowest BCUT2D eigenvalue weighted by Crippen LogP contribution is -2.37. The number of halogens is 6. The topological polar surface area (TPSA) is 111 Å². The van der Waals surface area contributed by atoms with Crippen LogP contribution in [0.2, 0.25) is 0 Å². The standard InChI is InChI=1S/C46H66I6NO8P/c1-53(2,3)28-29-59-62(56,57)60-35-38(61-46(55)27-23-19-15-11-7-5-9-13-17-21-25-40-43(51)32-37(48)33-44(40)52)34-58-45(54)26-22-18-14-10-6-4-8-12-16-20-24-39-41(49)30-36(47)31-42(39)50/h18-19,22-23,30-33,38H,4-17,20-21,24-29,34-35H2,1-3H3/b22-18-,23-19-/t38-/m1/s1. The van der Waals surface area contributed by atoms with E-state index in [9.17, 15) is 19.0 Å². The van der Waals surface area contributed by atoms with E-state index in [2.05, 4.69) is 160 Å². The number of unbranched alkanes of at least 4 members (excludes halogenated alkanes) is 14. The summed E-state index contributed by atoms with van der Waals surface area (Å²) in [6.45, 7) is -0.441. The minimum Gasteiger partial charge on any atom is -0.756 e. The third-order valence-electron chi connectivity index (χ3n) is 9.87. The molecule has 1 unspecified atom stereocenters. The number of nitrogens with zero attached hydrogens (tertiary/aromatic N) is 1. The number of ether oxygens (including phenoxy) is 2. The minimum absolute atomic E-state index is 0.0212. The van der Waals surface area contributed by atoms with Crippen LogP contribution in [0.1, 0.15) is 127 Å². The monoisotopic (exact) mass is 1550 g/mol. The molecule has 0 N–H and O–H groups in total. The number of likely N-dealkylation sites (N-methyl/N-ethyl adjacent to an activating group) is 1. The van der Waals surface area contributed by atoms with Gasteiger partial charge in [0, 0.05) is 21.4 Å². The number of benzene rings is 2. The molecular formula is C46H66I6NO8P. The Morgan fingerprint density at radius 3 is 1.44 bits per heavy atom. The highest BCUT2D eigenvalue weighted by molar-refractivity contribution is 14.1. The van der Waals surface area contributed by atoms with Crippen LogP contribution in [0.15, 0.2) is 48.6 Å². The molecule has 0 saturated heterocycles. The average Bonchev–Trinajstić information content (AvgIpc) is 3.17. The SMILES string of the molecule is C[N+](C)(C)CCOP(=O)([O-])OC[C@@H](COC(=O)C/C=C\CCCCCCCCCc1c(I)cc(I)cc1I)OC(=O)C/C=C\CCCCCCCCCc1c(I)cc(I)cc1I. The van der Waals surface area contributed by atoms with Gasteiger partial charge in [0.15, 0.2) is 6.10 Å². The van der Waals surface area contributed by atoms with Crippen molar-refractivity contribution in [2.75, 3.05) is 47.5 Å². The Morgan fingerprint density at radius 1 is 0.597 bits per heavy atom. The maximum absolute atomic E-state index is 12.7. The van der Waals surface area contributed by atoms with E-state index < -0.39 is 32.5 Å². The predicted octanol–water partition coefficient (Wildman–Crippen LogP) is 13.9. The molecule has 16 heteroatoms. The molecule has 0 spiro atoms. The lowest BCUT2D eigenvalue weighted by atomic mass is 10.0. The first-order valence-electron chi connectivity index (χ1n) is 21.8. The summed E-state index contributed by atoms with van der Waals surface area (Å²) in [7, 11) is 1.09. The van der Waals surface area contributed by atoms with Crippen LogP contribution in [-0.2, 0) is 45.5 Å². The van der Waals surface area contributed by atoms with E-state index >= 15 is 0 Å². The Bertz CT molecular complexity index is 1690. The molecule has 0 amide bonds. The van der Waals surface area contributed by atoms with Crippen molar-refractivity contribution in [1.29, 1.82) is 0 Å². The number of rotatable bonds is 34. The van der Waals surface area contributed by atoms with Gasteiger partial charge >= 0.3 is 11.9 Å². The van der Waals surface area contributed by atoms with Gasteiger partial charge in [0.2, 0.25) is 0 Å². The molecule has 0 aliphatic rings. The van der Waals surface area contributed by atoms with Gasteiger partial charge in [-0.25, -0.2) is 0 Å². The molecule has 2 aromatic rings. The minimum atomic E-state index is -4.67. The molecule has 0 aliphatic carbocycles. The van der Waals surface area contributed by atoms with Crippen molar-refractivity contribution in [3.8, 4) is 0 Å². The van der Waals surface area contributed by atoms with Crippen molar-refractivity contribution >= 4 is 155 Å². The van der Waals surface area contributed by atoms with E-state index in [0.29, 0.717) is 11.0 Å². The quantitative estimate of drug-likeness (QED) is 0.0170. The zero-order chi connectivity index (χ0) is 45.8. The van der Waals surface area contributed by atoms with Gasteiger partial charge in [0.25, 0.3) is 7.82 Å². The van der Waals surface area contributed by atoms with Crippen LogP contribution < -0.4 is 4.89 Å². The van der Waals surface area contributed by atoms with E-state index in [1.165, 1.54) is 96.8 Å².